The molecule has 2 heterocycles. The summed E-state index contributed by atoms with van der Waals surface area (Å²) in [5, 5.41) is 3.52. The van der Waals surface area contributed by atoms with Gasteiger partial charge in [0.05, 0.1) is 11.9 Å². The molecule has 0 radical (unpaired) electrons. The van der Waals surface area contributed by atoms with Gasteiger partial charge in [0.25, 0.3) is 5.56 Å². The van der Waals surface area contributed by atoms with Crippen LogP contribution >= 0.6 is 11.5 Å². The molecule has 1 aromatic carbocycles. The Bertz CT molecular complexity index is 1060. The number of ether oxygens (including phenoxy) is 1. The summed E-state index contributed by atoms with van der Waals surface area (Å²) in [4.78, 5) is 20.3. The molecule has 0 spiro atoms. The number of H-pyrrole nitrogens is 1. The first-order valence-electron chi connectivity index (χ1n) is 8.25. The van der Waals surface area contributed by atoms with E-state index < -0.39 is 11.6 Å². The molecule has 10 heteroatoms. The smallest absolute Gasteiger partial charge is 0.271 e. The second-order valence-corrected chi connectivity index (χ2v) is 6.83. The van der Waals surface area contributed by atoms with Crippen LogP contribution in [0.1, 0.15) is 19.4 Å². The largest absolute Gasteiger partial charge is 0.436 e. The van der Waals surface area contributed by atoms with E-state index in [1.807, 2.05) is 13.8 Å². The van der Waals surface area contributed by atoms with E-state index in [4.69, 9.17) is 10.5 Å². The molecule has 0 bridgehead atoms. The molecule has 0 atom stereocenters. The number of nitrogens with zero attached hydrogens (tertiary/aromatic N) is 2. The SMILES string of the molecule is CC(C)N=C(N)c1c(Nc2ccc(Oc3cccc(F)c3F)nc2)s[nH]c1=O. The summed E-state index contributed by atoms with van der Waals surface area (Å²) in [5.74, 6) is -2.15. The van der Waals surface area contributed by atoms with Gasteiger partial charge in [0, 0.05) is 12.1 Å². The van der Waals surface area contributed by atoms with E-state index in [1.54, 1.807) is 6.07 Å². The third-order valence-corrected chi connectivity index (χ3v) is 4.28. The van der Waals surface area contributed by atoms with Crippen LogP contribution < -0.4 is 21.3 Å². The maximum absolute atomic E-state index is 13.7. The summed E-state index contributed by atoms with van der Waals surface area (Å²) in [5.41, 5.74) is 6.38. The highest BCUT2D eigenvalue weighted by Crippen LogP contribution is 2.27. The molecule has 0 aliphatic carbocycles. The van der Waals surface area contributed by atoms with Gasteiger partial charge in [-0.05, 0) is 43.6 Å². The summed E-state index contributed by atoms with van der Waals surface area (Å²) in [6.07, 6.45) is 1.43. The standard InChI is InChI=1S/C18H17F2N5O2S/c1-9(2)23-16(21)14-17(26)25-28-18(14)24-10-6-7-13(22-8-10)27-12-5-3-4-11(19)15(12)20/h3-9,24H,1-2H3,(H2,21,23)(H,25,26). The van der Waals surface area contributed by atoms with E-state index in [2.05, 4.69) is 19.7 Å². The van der Waals surface area contributed by atoms with Gasteiger partial charge in [0.2, 0.25) is 11.7 Å². The van der Waals surface area contributed by atoms with Crippen molar-refractivity contribution in [3.8, 4) is 11.6 Å². The molecule has 0 saturated heterocycles. The predicted octanol–water partition coefficient (Wildman–Crippen LogP) is 3.76. The lowest BCUT2D eigenvalue weighted by Crippen LogP contribution is -2.23. The molecule has 0 unspecified atom stereocenters. The number of nitrogens with two attached hydrogens (primary N) is 1. The highest BCUT2D eigenvalue weighted by Gasteiger charge is 2.16. The number of nitrogens with one attached hydrogen (secondary N) is 2. The van der Waals surface area contributed by atoms with E-state index in [-0.39, 0.29) is 34.6 Å². The topological polar surface area (TPSA) is 105 Å². The van der Waals surface area contributed by atoms with Crippen LogP contribution in [0.4, 0.5) is 19.5 Å². The number of amidine groups is 1. The molecular weight excluding hydrogens is 388 g/mol. The van der Waals surface area contributed by atoms with Gasteiger partial charge in [0.1, 0.15) is 16.4 Å². The fourth-order valence-corrected chi connectivity index (χ4v) is 3.05. The number of hydrogen-bond donors (Lipinski definition) is 3. The molecule has 3 rings (SSSR count). The van der Waals surface area contributed by atoms with Crippen LogP contribution in [-0.2, 0) is 0 Å². The van der Waals surface area contributed by atoms with E-state index >= 15 is 0 Å². The predicted molar refractivity (Wildman–Crippen MR) is 105 cm³/mol. The lowest BCUT2D eigenvalue weighted by Gasteiger charge is -2.09. The van der Waals surface area contributed by atoms with Crippen LogP contribution in [0.2, 0.25) is 0 Å². The van der Waals surface area contributed by atoms with Crippen molar-refractivity contribution >= 4 is 28.1 Å². The maximum Gasteiger partial charge on any atom is 0.271 e. The number of benzene rings is 1. The minimum absolute atomic E-state index is 0.0616. The first kappa shape index (κ1) is 19.5. The van der Waals surface area contributed by atoms with Gasteiger partial charge in [-0.2, -0.15) is 4.39 Å². The Morgan fingerprint density at radius 1 is 1.32 bits per heavy atom. The number of pyridine rings is 1. The fraction of sp³-hybridized carbons (Fsp3) is 0.167. The second-order valence-electron chi connectivity index (χ2n) is 6.01. The van der Waals surface area contributed by atoms with Crippen molar-refractivity contribution in [2.75, 3.05) is 5.32 Å². The summed E-state index contributed by atoms with van der Waals surface area (Å²) >= 11 is 1.08. The fourth-order valence-electron chi connectivity index (χ4n) is 2.29. The molecule has 0 aliphatic rings. The lowest BCUT2D eigenvalue weighted by molar-refractivity contribution is 0.405. The van der Waals surface area contributed by atoms with Crippen molar-refractivity contribution < 1.29 is 13.5 Å². The van der Waals surface area contributed by atoms with Gasteiger partial charge < -0.3 is 15.8 Å². The van der Waals surface area contributed by atoms with Crippen LogP contribution in [0.3, 0.4) is 0 Å². The van der Waals surface area contributed by atoms with E-state index in [0.29, 0.717) is 10.7 Å². The van der Waals surface area contributed by atoms with Crippen LogP contribution in [0.15, 0.2) is 46.3 Å². The van der Waals surface area contributed by atoms with Crippen LogP contribution in [0, 0.1) is 11.6 Å². The summed E-state index contributed by atoms with van der Waals surface area (Å²) in [6, 6.07) is 6.66. The first-order chi connectivity index (χ1) is 13.3. The molecule has 3 aromatic rings. The minimum Gasteiger partial charge on any atom is -0.436 e. The van der Waals surface area contributed by atoms with Crippen molar-refractivity contribution in [3.63, 3.8) is 0 Å². The Balaban J connectivity index is 1.79. The number of rotatable bonds is 6. The van der Waals surface area contributed by atoms with Gasteiger partial charge in [-0.3, -0.25) is 14.2 Å². The lowest BCUT2D eigenvalue weighted by atomic mass is 10.3. The Morgan fingerprint density at radius 3 is 2.79 bits per heavy atom. The maximum atomic E-state index is 13.7. The summed E-state index contributed by atoms with van der Waals surface area (Å²) < 4.78 is 34.8. The normalized spacial score (nSPS) is 11.7. The van der Waals surface area contributed by atoms with Crippen LogP contribution in [-0.4, -0.2) is 21.2 Å². The molecule has 0 fully saturated rings. The average molecular weight is 405 g/mol. The Labute approximate surface area is 163 Å². The molecule has 0 amide bonds. The van der Waals surface area contributed by atoms with E-state index in [1.165, 1.54) is 24.4 Å². The Kier molecular flexibility index (Phi) is 5.69. The van der Waals surface area contributed by atoms with Gasteiger partial charge in [-0.1, -0.05) is 6.07 Å². The number of aliphatic imine (C=N–C) groups is 1. The quantitative estimate of drug-likeness (QED) is 0.428. The van der Waals surface area contributed by atoms with E-state index in [9.17, 15) is 13.6 Å². The second kappa shape index (κ2) is 8.17. The Hall–Kier alpha value is -3.27. The van der Waals surface area contributed by atoms with Crippen LogP contribution in [0.5, 0.6) is 11.6 Å². The first-order valence-corrected chi connectivity index (χ1v) is 9.07. The molecular formula is C18H17F2N5O2S. The van der Waals surface area contributed by atoms with Crippen molar-refractivity contribution in [3.05, 3.63) is 64.1 Å². The zero-order valence-electron chi connectivity index (χ0n) is 15.0. The average Bonchev–Trinajstić information content (AvgIpc) is 3.00. The van der Waals surface area contributed by atoms with Crippen molar-refractivity contribution in [1.82, 2.24) is 9.36 Å². The minimum atomic E-state index is -1.09. The third kappa shape index (κ3) is 4.34. The van der Waals surface area contributed by atoms with Crippen molar-refractivity contribution in [1.29, 1.82) is 0 Å². The van der Waals surface area contributed by atoms with Gasteiger partial charge in [0.15, 0.2) is 11.6 Å². The molecule has 0 aliphatic heterocycles. The summed E-state index contributed by atoms with van der Waals surface area (Å²) in [7, 11) is 0. The number of hydrogen-bond acceptors (Lipinski definition) is 6. The Morgan fingerprint density at radius 2 is 2.11 bits per heavy atom. The van der Waals surface area contributed by atoms with Gasteiger partial charge >= 0.3 is 0 Å². The molecule has 2 aromatic heterocycles. The zero-order chi connectivity index (χ0) is 20.3. The third-order valence-electron chi connectivity index (χ3n) is 3.48. The number of aromatic nitrogens is 2. The van der Waals surface area contributed by atoms with Crippen molar-refractivity contribution in [2.45, 2.75) is 19.9 Å². The monoisotopic (exact) mass is 405 g/mol. The summed E-state index contributed by atoms with van der Waals surface area (Å²) in [6.45, 7) is 3.70. The van der Waals surface area contributed by atoms with Gasteiger partial charge in [-0.25, -0.2) is 9.37 Å². The molecule has 146 valence electrons. The number of anilines is 2. The highest BCUT2D eigenvalue weighted by molar-refractivity contribution is 7.10. The number of halogens is 2. The van der Waals surface area contributed by atoms with Crippen molar-refractivity contribution in [2.24, 2.45) is 10.7 Å². The highest BCUT2D eigenvalue weighted by atomic mass is 32.1. The molecule has 7 nitrogen and oxygen atoms in total. The van der Waals surface area contributed by atoms with Crippen LogP contribution in [0.25, 0.3) is 0 Å². The molecule has 4 N–H and O–H groups in total. The van der Waals surface area contributed by atoms with E-state index in [0.717, 1.165) is 17.6 Å². The van der Waals surface area contributed by atoms with Gasteiger partial charge in [-0.15, -0.1) is 0 Å². The zero-order valence-corrected chi connectivity index (χ0v) is 15.8. The number of aromatic amines is 1. The molecule has 28 heavy (non-hydrogen) atoms. The molecule has 0 saturated carbocycles.